The lowest BCUT2D eigenvalue weighted by molar-refractivity contribution is -0.118. The minimum Gasteiger partial charge on any atom is -0.346 e. The first-order valence-corrected chi connectivity index (χ1v) is 8.47. The molecule has 0 radical (unpaired) electrons. The summed E-state index contributed by atoms with van der Waals surface area (Å²) in [7, 11) is 0. The van der Waals surface area contributed by atoms with Crippen molar-refractivity contribution in [3.8, 4) is 0 Å². The van der Waals surface area contributed by atoms with Gasteiger partial charge in [-0.05, 0) is 55.4 Å². The van der Waals surface area contributed by atoms with Gasteiger partial charge in [-0.1, -0.05) is 53.6 Å². The minimum absolute atomic E-state index is 0.269. The molecule has 0 heterocycles. The fourth-order valence-electron chi connectivity index (χ4n) is 2.38. The van der Waals surface area contributed by atoms with Crippen LogP contribution in [0.15, 0.2) is 53.9 Å². The standard InChI is InChI=1S/C19H20Cl2FNO/c1-11(2)10-23-19(24)18(22)12(3)4-5-13-8-15(13)14-6-7-16(20)17(21)9-14/h4-7,9,13,15H,1,8,10H2,2-3H3,(H,23,24)/b5-4+,18-12-. The zero-order valence-corrected chi connectivity index (χ0v) is 15.2. The molecule has 0 spiro atoms. The third kappa shape index (κ3) is 4.96. The highest BCUT2D eigenvalue weighted by molar-refractivity contribution is 6.42. The van der Waals surface area contributed by atoms with Crippen molar-refractivity contribution in [2.24, 2.45) is 5.92 Å². The summed E-state index contributed by atoms with van der Waals surface area (Å²) in [5.74, 6) is -0.788. The minimum atomic E-state index is -0.765. The van der Waals surface area contributed by atoms with Crippen LogP contribution >= 0.6 is 23.2 Å². The van der Waals surface area contributed by atoms with Gasteiger partial charge in [0.05, 0.1) is 10.0 Å². The fraction of sp³-hybridized carbons (Fsp3) is 0.316. The van der Waals surface area contributed by atoms with Gasteiger partial charge in [-0.3, -0.25) is 4.79 Å². The average Bonchev–Trinajstić information content (AvgIpc) is 3.31. The normalized spacial score (nSPS) is 20.7. The Morgan fingerprint density at radius 3 is 2.71 bits per heavy atom. The summed E-state index contributed by atoms with van der Waals surface area (Å²) in [4.78, 5) is 11.7. The van der Waals surface area contributed by atoms with Gasteiger partial charge in [0.25, 0.3) is 5.91 Å². The Morgan fingerprint density at radius 1 is 1.38 bits per heavy atom. The molecule has 5 heteroatoms. The van der Waals surface area contributed by atoms with Crippen LogP contribution in [0.2, 0.25) is 10.0 Å². The first kappa shape index (κ1) is 18.8. The molecule has 1 aliphatic rings. The van der Waals surface area contributed by atoms with Gasteiger partial charge < -0.3 is 5.32 Å². The SMILES string of the molecule is C=C(C)CNC(=O)/C(F)=C(C)/C=C/C1CC1c1ccc(Cl)c(Cl)c1. The third-order valence-corrected chi connectivity index (χ3v) is 4.64. The van der Waals surface area contributed by atoms with Crippen LogP contribution in [0.1, 0.15) is 31.7 Å². The predicted molar refractivity (Wildman–Crippen MR) is 98.1 cm³/mol. The Hall–Kier alpha value is -1.58. The molecule has 2 rings (SSSR count). The van der Waals surface area contributed by atoms with E-state index >= 15 is 0 Å². The van der Waals surface area contributed by atoms with E-state index in [2.05, 4.69) is 11.9 Å². The third-order valence-electron chi connectivity index (χ3n) is 3.90. The van der Waals surface area contributed by atoms with Crippen LogP contribution in [0, 0.1) is 5.92 Å². The number of carbonyl (C=O) groups excluding carboxylic acids is 1. The van der Waals surface area contributed by atoms with Crippen LogP contribution in [0.3, 0.4) is 0 Å². The van der Waals surface area contributed by atoms with Crippen LogP contribution in [0.5, 0.6) is 0 Å². The predicted octanol–water partition coefficient (Wildman–Crippen LogP) is 5.59. The van der Waals surface area contributed by atoms with Gasteiger partial charge >= 0.3 is 0 Å². The van der Waals surface area contributed by atoms with E-state index in [1.54, 1.807) is 26.0 Å². The molecule has 1 N–H and O–H groups in total. The lowest BCUT2D eigenvalue weighted by Crippen LogP contribution is -2.25. The van der Waals surface area contributed by atoms with E-state index in [1.807, 2.05) is 18.2 Å². The van der Waals surface area contributed by atoms with E-state index in [0.717, 1.165) is 17.6 Å². The number of amides is 1. The Balaban J connectivity index is 1.96. The zero-order chi connectivity index (χ0) is 17.9. The van der Waals surface area contributed by atoms with Crippen molar-refractivity contribution in [2.75, 3.05) is 6.54 Å². The van der Waals surface area contributed by atoms with Crippen molar-refractivity contribution in [2.45, 2.75) is 26.2 Å². The molecule has 2 nitrogen and oxygen atoms in total. The quantitative estimate of drug-likeness (QED) is 0.396. The molecule has 1 fully saturated rings. The van der Waals surface area contributed by atoms with E-state index in [9.17, 15) is 9.18 Å². The Bertz CT molecular complexity index is 724. The van der Waals surface area contributed by atoms with Crippen molar-refractivity contribution in [3.63, 3.8) is 0 Å². The molecule has 1 aromatic carbocycles. The maximum absolute atomic E-state index is 14.0. The fourth-order valence-corrected chi connectivity index (χ4v) is 2.69. The molecular formula is C19H20Cl2FNO. The number of rotatable bonds is 6. The van der Waals surface area contributed by atoms with E-state index in [1.165, 1.54) is 0 Å². The molecule has 0 aliphatic heterocycles. The molecule has 0 aromatic heterocycles. The molecule has 1 aliphatic carbocycles. The van der Waals surface area contributed by atoms with Gasteiger partial charge in [-0.25, -0.2) is 4.39 Å². The van der Waals surface area contributed by atoms with Crippen LogP contribution in [-0.2, 0) is 4.79 Å². The Morgan fingerprint density at radius 2 is 2.08 bits per heavy atom. The van der Waals surface area contributed by atoms with Crippen molar-refractivity contribution >= 4 is 29.1 Å². The van der Waals surface area contributed by atoms with Crippen molar-refractivity contribution in [3.05, 3.63) is 69.5 Å². The van der Waals surface area contributed by atoms with E-state index in [4.69, 9.17) is 23.2 Å². The number of nitrogens with one attached hydrogen (secondary N) is 1. The summed E-state index contributed by atoms with van der Waals surface area (Å²) < 4.78 is 14.0. The highest BCUT2D eigenvalue weighted by Gasteiger charge is 2.36. The smallest absolute Gasteiger partial charge is 0.280 e. The summed E-state index contributed by atoms with van der Waals surface area (Å²) in [6, 6.07) is 5.62. The summed E-state index contributed by atoms with van der Waals surface area (Å²) in [6.07, 6.45) is 4.58. The molecule has 1 saturated carbocycles. The molecule has 1 aromatic rings. The second-order valence-corrected chi connectivity index (χ2v) is 6.99. The number of benzene rings is 1. The monoisotopic (exact) mass is 367 g/mol. The Kier molecular flexibility index (Phi) is 6.25. The molecule has 0 saturated heterocycles. The maximum Gasteiger partial charge on any atom is 0.280 e. The first-order valence-electron chi connectivity index (χ1n) is 7.71. The lowest BCUT2D eigenvalue weighted by atomic mass is 10.1. The van der Waals surface area contributed by atoms with Crippen LogP contribution < -0.4 is 5.32 Å². The van der Waals surface area contributed by atoms with Gasteiger partial charge in [0.2, 0.25) is 0 Å². The highest BCUT2D eigenvalue weighted by atomic mass is 35.5. The number of halogens is 3. The molecule has 1 amide bonds. The first-order chi connectivity index (χ1) is 11.3. The van der Waals surface area contributed by atoms with Gasteiger partial charge in [0, 0.05) is 6.54 Å². The van der Waals surface area contributed by atoms with Crippen molar-refractivity contribution in [1.29, 1.82) is 0 Å². The number of carbonyl (C=O) groups is 1. The second kappa shape index (κ2) is 8.00. The number of hydrogen-bond donors (Lipinski definition) is 1. The topological polar surface area (TPSA) is 29.1 Å². The second-order valence-electron chi connectivity index (χ2n) is 6.18. The number of allylic oxidation sites excluding steroid dienone is 3. The zero-order valence-electron chi connectivity index (χ0n) is 13.7. The summed E-state index contributed by atoms with van der Waals surface area (Å²) in [5.41, 5.74) is 2.21. The van der Waals surface area contributed by atoms with E-state index < -0.39 is 11.7 Å². The van der Waals surface area contributed by atoms with E-state index in [0.29, 0.717) is 27.5 Å². The molecule has 24 heavy (non-hydrogen) atoms. The maximum atomic E-state index is 14.0. The van der Waals surface area contributed by atoms with Gasteiger partial charge in [0.1, 0.15) is 0 Å². The van der Waals surface area contributed by atoms with Gasteiger partial charge in [-0.15, -0.1) is 0 Å². The van der Waals surface area contributed by atoms with Crippen LogP contribution in [-0.4, -0.2) is 12.5 Å². The van der Waals surface area contributed by atoms with Crippen LogP contribution in [0.4, 0.5) is 4.39 Å². The molecule has 0 bridgehead atoms. The number of hydrogen-bond acceptors (Lipinski definition) is 1. The molecule has 128 valence electrons. The molecular weight excluding hydrogens is 348 g/mol. The largest absolute Gasteiger partial charge is 0.346 e. The molecule has 2 atom stereocenters. The average molecular weight is 368 g/mol. The Labute approximate surface area is 152 Å². The van der Waals surface area contributed by atoms with Crippen molar-refractivity contribution < 1.29 is 9.18 Å². The summed E-state index contributed by atoms with van der Waals surface area (Å²) >= 11 is 11.9. The van der Waals surface area contributed by atoms with Crippen LogP contribution in [0.25, 0.3) is 0 Å². The highest BCUT2D eigenvalue weighted by Crippen LogP contribution is 2.49. The molecule has 2 unspecified atom stereocenters. The summed E-state index contributed by atoms with van der Waals surface area (Å²) in [5, 5.41) is 3.56. The van der Waals surface area contributed by atoms with E-state index in [-0.39, 0.29) is 6.54 Å². The van der Waals surface area contributed by atoms with Crippen molar-refractivity contribution in [1.82, 2.24) is 5.32 Å². The summed E-state index contributed by atoms with van der Waals surface area (Å²) in [6.45, 7) is 7.29. The van der Waals surface area contributed by atoms with Gasteiger partial charge in [0.15, 0.2) is 5.83 Å². The van der Waals surface area contributed by atoms with Gasteiger partial charge in [-0.2, -0.15) is 0 Å². The lowest BCUT2D eigenvalue weighted by Gasteiger charge is -2.04.